The summed E-state index contributed by atoms with van der Waals surface area (Å²) in [5, 5.41) is 0. The van der Waals surface area contributed by atoms with Crippen LogP contribution in [0, 0.1) is 31.3 Å². The van der Waals surface area contributed by atoms with Crippen molar-refractivity contribution in [3.05, 3.63) is 385 Å². The minimum atomic E-state index is -0.552. The monoisotopic (exact) mass is 1950 g/mol. The Balaban J connectivity index is 0.000000122. The summed E-state index contributed by atoms with van der Waals surface area (Å²) in [6, 6.07) is 70.0. The Morgan fingerprint density at radius 3 is 1.04 bits per heavy atom. The molecule has 30 heteroatoms. The Kier molecular flexibility index (Phi) is 30.4. The number of benzene rings is 10. The highest BCUT2D eigenvalue weighted by Crippen LogP contribution is 2.41. The van der Waals surface area contributed by atoms with Crippen molar-refractivity contribution in [2.75, 3.05) is 38.5 Å². The molecule has 0 bridgehead atoms. The number of ketones is 12. The molecule has 0 fully saturated rings. The molecular weight excluding hydrogens is 1850 g/mol. The molecule has 6 aliphatic carbocycles. The van der Waals surface area contributed by atoms with Gasteiger partial charge in [-0.2, -0.15) is 0 Å². The molecular formula is C114H100ClF3N14O12. The summed E-state index contributed by atoms with van der Waals surface area (Å²) in [6.45, 7) is 16.6. The van der Waals surface area contributed by atoms with Crippen molar-refractivity contribution in [3.63, 3.8) is 0 Å². The van der Waals surface area contributed by atoms with E-state index in [9.17, 15) is 70.7 Å². The lowest BCUT2D eigenvalue weighted by Crippen LogP contribution is -2.25. The van der Waals surface area contributed by atoms with Crippen LogP contribution in [0.15, 0.2) is 243 Å². The van der Waals surface area contributed by atoms with E-state index in [0.29, 0.717) is 176 Å². The lowest BCUT2D eigenvalue weighted by molar-refractivity contribution is 0.0809. The molecule has 0 radical (unpaired) electrons. The number of carbonyl (C=O) groups excluding carboxylic acids is 12. The fraction of sp³-hybridized carbons (Fsp3) is 0.211. The highest BCUT2D eigenvalue weighted by Gasteiger charge is 2.41. The third-order valence-corrected chi connectivity index (χ3v) is 25.3. The Morgan fingerprint density at radius 1 is 0.333 bits per heavy atom. The van der Waals surface area contributed by atoms with Gasteiger partial charge >= 0.3 is 0 Å². The summed E-state index contributed by atoms with van der Waals surface area (Å²) in [4.78, 5) is 191. The summed E-state index contributed by atoms with van der Waals surface area (Å²) >= 11 is 5.79. The van der Waals surface area contributed by atoms with E-state index in [2.05, 4.69) is 63.6 Å². The Morgan fingerprint density at radius 2 is 0.674 bits per heavy atom. The number of para-hydroxylation sites is 1. The molecule has 6 heterocycles. The third-order valence-electron chi connectivity index (χ3n) is 25.1. The average molecular weight is 1950 g/mol. The number of hydrogen-bond donors (Lipinski definition) is 4. The van der Waals surface area contributed by atoms with Crippen LogP contribution in [-0.4, -0.2) is 167 Å². The van der Waals surface area contributed by atoms with Gasteiger partial charge in [0.25, 0.3) is 34.7 Å². The number of alkyl halides is 1. The normalized spacial score (nSPS) is 12.9. The maximum absolute atomic E-state index is 13.2. The SMILES string of the molecule is CC(C)c1nc2c(n1CCCCl)C(=O)C(=O)c1ccccc1-2.CC(C)c1nc2c(n1CCCN(C)C)C(=O)C(=O)c1ccccc1-2.CCc1nc2c([nH]1)C(=O)C(=O)c1ccccc1-2.CN(Cc1nc2c([nH]1)C(=O)C(=O)c1ccccc1-2)c1ccccc1.Cc1cc(F)ccc1CCc1nc2c([nH]1)C(=O)C(=O)c1ccccc1-2.Cc1cccc(F)c1.O=C1C(=O)c2[nH]c(CCc3ccc(F)cc3)nc2-c2ccccc21. The minimum absolute atomic E-state index is 0.162. The number of fused-ring (bicyclic) bond motifs is 18. The average Bonchev–Trinajstić information content (AvgIpc) is 1.62. The van der Waals surface area contributed by atoms with Crippen LogP contribution in [0.5, 0.6) is 0 Å². The first kappa shape index (κ1) is 100. The number of anilines is 1. The molecule has 4 N–H and O–H groups in total. The molecule has 10 aromatic carbocycles. The number of halogens is 4. The molecule has 0 amide bonds. The van der Waals surface area contributed by atoms with E-state index in [1.54, 1.807) is 109 Å². The summed E-state index contributed by atoms with van der Waals surface area (Å²) in [5.74, 6) is -1.33. The highest BCUT2D eigenvalue weighted by molar-refractivity contribution is 6.55. The Labute approximate surface area is 832 Å². The van der Waals surface area contributed by atoms with Gasteiger partial charge in [0, 0.05) is 130 Å². The van der Waals surface area contributed by atoms with Gasteiger partial charge in [-0.05, 0) is 131 Å². The van der Waals surface area contributed by atoms with Gasteiger partial charge in [0.1, 0.15) is 121 Å². The van der Waals surface area contributed by atoms with Crippen molar-refractivity contribution in [2.45, 2.75) is 125 Å². The van der Waals surface area contributed by atoms with Gasteiger partial charge in [0.15, 0.2) is 0 Å². The summed E-state index contributed by atoms with van der Waals surface area (Å²) in [6.07, 6.45) is 4.81. The molecule has 6 aromatic heterocycles. The molecule has 0 spiro atoms. The number of H-pyrrole nitrogens is 4. The first-order valence-corrected chi connectivity index (χ1v) is 47.7. The predicted octanol–water partition coefficient (Wildman–Crippen LogP) is 21.0. The van der Waals surface area contributed by atoms with Gasteiger partial charge in [0.05, 0.1) is 6.54 Å². The second-order valence-corrected chi connectivity index (χ2v) is 36.4. The minimum Gasteiger partial charge on any atom is -0.367 e. The molecule has 0 saturated carbocycles. The number of Topliss-reactive ketones (excluding diaryl/α,β-unsaturated/α-hetero) is 12. The fourth-order valence-electron chi connectivity index (χ4n) is 17.9. The molecule has 0 saturated heterocycles. The summed E-state index contributed by atoms with van der Waals surface area (Å²) < 4.78 is 42.1. The zero-order chi connectivity index (χ0) is 102. The van der Waals surface area contributed by atoms with E-state index < -0.39 is 69.4 Å². The molecule has 726 valence electrons. The van der Waals surface area contributed by atoms with E-state index in [1.165, 1.54) is 36.4 Å². The fourth-order valence-corrected chi connectivity index (χ4v) is 18.0. The standard InChI is InChI=1S/C20H15FN2O2.C19H13FN2O2.C19H15N3O2.C19H23N3O2.C17H17ClN2O2.C13H10N2O2.C7H7F/c1-11-10-13(21)8-6-12(11)7-9-16-22-17-14-4-2-3-5-15(14)19(24)20(25)18(17)23-16;20-12-8-5-11(6-9-12)7-10-15-21-16-13-3-1-2-4-14(13)18(23)19(24)17(16)22-15;1-22(12-7-3-2-4-8-12)11-15-20-16-13-9-5-6-10-14(13)18(23)19(24)17(16)21-15;1-12(2)19-20-15-13-8-5-6-9-14(13)17(23)18(24)16(15)22(19)11-7-10-21(3)4;1-10(2)17-19-13-11-6-3-4-7-12(11)15(21)16(22)14(13)20(17)9-5-8-18;1-2-9-14-10-7-5-3-4-6-8(7)12(16)13(17)11(10)15-9;1-6-3-2-4-7(8)5-6/h2-6,8,10H,7,9H2,1H3,(H,22,23);1-6,8-9H,7,10H2,(H,21,22);2-10H,11H2,1H3,(H,20,21);5-6,8-9,12H,7,10-11H2,1-4H3;3-4,6-7,10H,5,8-9H2,1-2H3;3-6H,2H2,1H3,(H,14,15);2-5H,1H3. The number of rotatable bonds is 19. The first-order chi connectivity index (χ1) is 69.3. The van der Waals surface area contributed by atoms with Crippen LogP contribution >= 0.6 is 11.6 Å². The van der Waals surface area contributed by atoms with Gasteiger partial charge < -0.3 is 38.9 Å². The Hall–Kier alpha value is -16.7. The van der Waals surface area contributed by atoms with Gasteiger partial charge in [0.2, 0.25) is 34.7 Å². The van der Waals surface area contributed by atoms with Crippen LogP contribution in [0.4, 0.5) is 18.9 Å². The quantitative estimate of drug-likeness (QED) is 0.0431. The number of aromatic nitrogens is 12. The predicted molar refractivity (Wildman–Crippen MR) is 541 cm³/mol. The second-order valence-electron chi connectivity index (χ2n) is 36.0. The van der Waals surface area contributed by atoms with E-state index >= 15 is 0 Å². The zero-order valence-electron chi connectivity index (χ0n) is 80.6. The number of aryl methyl sites for hydroxylation is 7. The molecule has 144 heavy (non-hydrogen) atoms. The molecule has 0 aliphatic heterocycles. The second kappa shape index (κ2) is 43.6. The van der Waals surface area contributed by atoms with Crippen molar-refractivity contribution in [1.29, 1.82) is 0 Å². The van der Waals surface area contributed by atoms with Crippen molar-refractivity contribution in [1.82, 2.24) is 63.9 Å². The smallest absolute Gasteiger partial charge is 0.252 e. The number of nitrogens with zero attached hydrogens (tertiary/aromatic N) is 10. The van der Waals surface area contributed by atoms with E-state index in [1.807, 2.05) is 167 Å². The number of nitrogens with one attached hydrogen (secondary N) is 4. The van der Waals surface area contributed by atoms with E-state index in [-0.39, 0.29) is 46.4 Å². The van der Waals surface area contributed by atoms with Crippen LogP contribution in [0.25, 0.3) is 67.5 Å². The van der Waals surface area contributed by atoms with Crippen molar-refractivity contribution in [2.24, 2.45) is 0 Å². The van der Waals surface area contributed by atoms with Crippen LogP contribution in [0.2, 0.25) is 0 Å². The van der Waals surface area contributed by atoms with Crippen LogP contribution < -0.4 is 4.90 Å². The number of hydrogen-bond acceptors (Lipinski definition) is 20. The molecule has 0 unspecified atom stereocenters. The molecule has 26 nitrogen and oxygen atoms in total. The lowest BCUT2D eigenvalue weighted by Gasteiger charge is -2.17. The highest BCUT2D eigenvalue weighted by atomic mass is 35.5. The number of imidazole rings is 6. The zero-order valence-corrected chi connectivity index (χ0v) is 81.4. The third kappa shape index (κ3) is 20.9. The van der Waals surface area contributed by atoms with Gasteiger partial charge in [-0.1, -0.05) is 229 Å². The van der Waals surface area contributed by atoms with Crippen molar-refractivity contribution >= 4 is 86.7 Å². The molecule has 6 aliphatic rings. The number of aromatic amines is 4. The maximum Gasteiger partial charge on any atom is 0.252 e. The number of carbonyl (C=O) groups is 12. The van der Waals surface area contributed by atoms with Gasteiger partial charge in [-0.3, -0.25) is 57.5 Å². The summed E-state index contributed by atoms with van der Waals surface area (Å²) in [7, 11) is 6.01. The van der Waals surface area contributed by atoms with Crippen LogP contribution in [0.1, 0.15) is 242 Å². The topological polar surface area (TPSA) is 362 Å². The molecule has 0 atom stereocenters. The van der Waals surface area contributed by atoms with E-state index in [0.717, 1.165) is 81.5 Å². The largest absolute Gasteiger partial charge is 0.367 e. The van der Waals surface area contributed by atoms with Crippen LogP contribution in [-0.2, 0) is 51.7 Å². The molecule has 16 aromatic rings. The summed E-state index contributed by atoms with van der Waals surface area (Å²) in [5.41, 5.74) is 17.3. The Bertz CT molecular complexity index is 7770. The van der Waals surface area contributed by atoms with Gasteiger partial charge in [-0.15, -0.1) is 11.6 Å². The lowest BCUT2D eigenvalue weighted by atomic mass is 9.90. The van der Waals surface area contributed by atoms with Gasteiger partial charge in [-0.25, -0.2) is 43.1 Å². The maximum atomic E-state index is 13.2. The molecule has 22 rings (SSSR count). The van der Waals surface area contributed by atoms with E-state index in [4.69, 9.17) is 16.6 Å². The van der Waals surface area contributed by atoms with Crippen molar-refractivity contribution in [3.8, 4) is 67.5 Å². The first-order valence-electron chi connectivity index (χ1n) is 47.2. The van der Waals surface area contributed by atoms with Crippen LogP contribution in [0.3, 0.4) is 0 Å². The van der Waals surface area contributed by atoms with Crippen molar-refractivity contribution < 1.29 is 70.7 Å².